The van der Waals surface area contributed by atoms with E-state index in [4.69, 9.17) is 4.52 Å². The zero-order valence-electron chi connectivity index (χ0n) is 7.96. The maximum Gasteiger partial charge on any atom is 0.178 e. The van der Waals surface area contributed by atoms with Gasteiger partial charge in [-0.1, -0.05) is 0 Å². The Balaban J connectivity index is 2.11. The molecule has 3 rings (SSSR count). The van der Waals surface area contributed by atoms with Gasteiger partial charge >= 0.3 is 0 Å². The molecular weight excluding hydrogens is 202 g/mol. The average Bonchev–Trinajstić information content (AvgIpc) is 2.69. The van der Waals surface area contributed by atoms with Crippen LogP contribution in [-0.4, -0.2) is 33.1 Å². The van der Waals surface area contributed by atoms with Gasteiger partial charge in [-0.3, -0.25) is 0 Å². The molecule has 7 nitrogen and oxygen atoms in total. The fourth-order valence-corrected chi connectivity index (χ4v) is 2.57. The molecule has 1 aromatic rings. The van der Waals surface area contributed by atoms with Crippen LogP contribution in [0.4, 0.5) is 0 Å². The number of aromatic nitrogens is 2. The lowest BCUT2D eigenvalue weighted by Crippen LogP contribution is -2.44. The third-order valence-corrected chi connectivity index (χ3v) is 3.31. The summed E-state index contributed by atoms with van der Waals surface area (Å²) in [7, 11) is 0. The lowest BCUT2D eigenvalue weighted by atomic mass is 9.82. The quantitative estimate of drug-likeness (QED) is 0.531. The van der Waals surface area contributed by atoms with E-state index in [9.17, 15) is 15.5 Å². The molecule has 82 valence electrons. The van der Waals surface area contributed by atoms with E-state index in [1.54, 1.807) is 0 Å². The summed E-state index contributed by atoms with van der Waals surface area (Å²) in [5.74, 6) is 0.213. The lowest BCUT2D eigenvalue weighted by molar-refractivity contribution is -0.842. The van der Waals surface area contributed by atoms with E-state index in [-0.39, 0.29) is 10.8 Å². The van der Waals surface area contributed by atoms with Gasteiger partial charge in [0.15, 0.2) is 5.02 Å². The molecule has 15 heavy (non-hydrogen) atoms. The van der Waals surface area contributed by atoms with Crippen LogP contribution in [0.25, 0.3) is 0 Å². The Hall–Kier alpha value is -1.18. The second-order valence-electron chi connectivity index (χ2n) is 4.10. The van der Waals surface area contributed by atoms with Crippen molar-refractivity contribution >= 4 is 0 Å². The number of fused-ring (bicyclic) bond motifs is 3. The molecule has 1 saturated heterocycles. The zero-order chi connectivity index (χ0) is 10.6. The van der Waals surface area contributed by atoms with E-state index >= 15 is 0 Å². The minimum Gasteiger partial charge on any atom is -0.382 e. The lowest BCUT2D eigenvalue weighted by Gasteiger charge is -2.33. The third-order valence-electron chi connectivity index (χ3n) is 3.31. The van der Waals surface area contributed by atoms with Crippen LogP contribution in [0.5, 0.6) is 0 Å². The summed E-state index contributed by atoms with van der Waals surface area (Å²) in [4.78, 5) is 0. The summed E-state index contributed by atoms with van der Waals surface area (Å²) in [5.41, 5.74) is -0.760. The van der Waals surface area contributed by atoms with Gasteiger partial charge in [-0.05, 0) is 19.3 Å². The Bertz CT molecular complexity index is 407. The highest BCUT2D eigenvalue weighted by Crippen LogP contribution is 2.43. The number of hydrogen-bond acceptors (Lipinski definition) is 6. The highest BCUT2D eigenvalue weighted by atomic mass is 16.8. The molecule has 2 atom stereocenters. The Kier molecular flexibility index (Phi) is 1.63. The van der Waals surface area contributed by atoms with Gasteiger partial charge in [0.25, 0.3) is 0 Å². The first-order valence-electron chi connectivity index (χ1n) is 4.89. The number of rotatable bonds is 0. The Morgan fingerprint density at radius 2 is 2.47 bits per heavy atom. The number of hydroxylamine groups is 2. The standard InChI is InChI=1S/C8H11N3O4/c12-8-3-4-10(13)6(8)2-1-5-7(8)15-11(14)9-5/h6,12-13H,1-4H2/t6-,8-/m1/s1. The van der Waals surface area contributed by atoms with Gasteiger partial charge in [0.05, 0.1) is 11.1 Å². The Morgan fingerprint density at radius 1 is 1.67 bits per heavy atom. The summed E-state index contributed by atoms with van der Waals surface area (Å²) in [6, 6.07) is -0.391. The normalized spacial score (nSPS) is 35.2. The van der Waals surface area contributed by atoms with Crippen LogP contribution in [0, 0.1) is 5.21 Å². The molecule has 7 heteroatoms. The van der Waals surface area contributed by atoms with Gasteiger partial charge in [0.2, 0.25) is 0 Å². The molecule has 2 aliphatic rings. The van der Waals surface area contributed by atoms with E-state index in [1.165, 1.54) is 0 Å². The van der Waals surface area contributed by atoms with Crippen LogP contribution in [0.15, 0.2) is 4.52 Å². The maximum atomic E-state index is 10.9. The van der Waals surface area contributed by atoms with Crippen molar-refractivity contribution < 1.29 is 19.9 Å². The molecule has 0 aromatic carbocycles. The van der Waals surface area contributed by atoms with Gasteiger partial charge < -0.3 is 14.8 Å². The molecule has 0 amide bonds. The van der Waals surface area contributed by atoms with Crippen LogP contribution in [0.3, 0.4) is 0 Å². The number of aliphatic hydroxyl groups is 1. The molecule has 0 radical (unpaired) electrons. The topological polar surface area (TPSA) is 96.7 Å². The fraction of sp³-hybridized carbons (Fsp3) is 0.750. The largest absolute Gasteiger partial charge is 0.382 e. The van der Waals surface area contributed by atoms with Crippen molar-refractivity contribution in [1.82, 2.24) is 10.2 Å². The molecule has 0 saturated carbocycles. The summed E-state index contributed by atoms with van der Waals surface area (Å²) in [6.45, 7) is 0.375. The second-order valence-corrected chi connectivity index (χ2v) is 4.10. The van der Waals surface area contributed by atoms with Crippen LogP contribution < -0.4 is 5.02 Å². The van der Waals surface area contributed by atoms with E-state index in [2.05, 4.69) is 5.10 Å². The maximum absolute atomic E-state index is 10.9. The molecule has 1 aromatic heterocycles. The fourth-order valence-electron chi connectivity index (χ4n) is 2.57. The molecule has 1 aliphatic heterocycles. The smallest absolute Gasteiger partial charge is 0.178 e. The number of hydrogen-bond donors (Lipinski definition) is 2. The van der Waals surface area contributed by atoms with Crippen molar-refractivity contribution in [3.8, 4) is 0 Å². The second kappa shape index (κ2) is 2.69. The zero-order valence-corrected chi connectivity index (χ0v) is 7.96. The van der Waals surface area contributed by atoms with Crippen LogP contribution >= 0.6 is 0 Å². The van der Waals surface area contributed by atoms with Crippen molar-refractivity contribution in [3.05, 3.63) is 16.7 Å². The molecule has 1 fully saturated rings. The highest BCUT2D eigenvalue weighted by molar-refractivity contribution is 5.23. The summed E-state index contributed by atoms with van der Waals surface area (Å²) >= 11 is 0. The Labute approximate surface area is 85.0 Å². The van der Waals surface area contributed by atoms with Crippen molar-refractivity contribution in [1.29, 1.82) is 0 Å². The van der Waals surface area contributed by atoms with Gasteiger partial charge in [0.1, 0.15) is 17.1 Å². The molecule has 2 N–H and O–H groups in total. The SMILES string of the molecule is [O-][n+]1nc2c(o1)[C@@]1(O)CCN(O)[C@@H]1CC2. The summed E-state index contributed by atoms with van der Waals surface area (Å²) < 4.78 is 4.83. The van der Waals surface area contributed by atoms with E-state index < -0.39 is 11.6 Å². The predicted octanol–water partition coefficient (Wildman–Crippen LogP) is -1.09. The Morgan fingerprint density at radius 3 is 3.27 bits per heavy atom. The van der Waals surface area contributed by atoms with E-state index in [0.29, 0.717) is 31.5 Å². The van der Waals surface area contributed by atoms with Gasteiger partial charge in [-0.25, -0.2) is 5.21 Å². The van der Waals surface area contributed by atoms with Crippen molar-refractivity contribution in [2.75, 3.05) is 6.54 Å². The number of aryl methyl sites for hydroxylation is 1. The first kappa shape index (κ1) is 9.08. The van der Waals surface area contributed by atoms with Gasteiger partial charge in [-0.15, -0.1) is 0 Å². The van der Waals surface area contributed by atoms with Crippen LogP contribution in [0.1, 0.15) is 24.3 Å². The monoisotopic (exact) mass is 213 g/mol. The van der Waals surface area contributed by atoms with Gasteiger partial charge in [-0.2, -0.15) is 5.06 Å². The molecule has 0 spiro atoms. The minimum absolute atomic E-state index is 0.116. The van der Waals surface area contributed by atoms with Crippen molar-refractivity contribution in [3.63, 3.8) is 0 Å². The minimum atomic E-state index is -1.26. The van der Waals surface area contributed by atoms with E-state index in [1.807, 2.05) is 0 Å². The average molecular weight is 213 g/mol. The first-order valence-corrected chi connectivity index (χ1v) is 4.89. The molecule has 0 unspecified atom stereocenters. The van der Waals surface area contributed by atoms with E-state index in [0.717, 1.165) is 5.06 Å². The summed E-state index contributed by atoms with van der Waals surface area (Å²) in [5, 5.41) is 35.7. The predicted molar refractivity (Wildman–Crippen MR) is 44.6 cm³/mol. The van der Waals surface area contributed by atoms with Crippen molar-refractivity contribution in [2.45, 2.75) is 30.9 Å². The first-order chi connectivity index (χ1) is 7.11. The third kappa shape index (κ3) is 1.05. The number of nitrogens with zero attached hydrogens (tertiary/aromatic N) is 3. The molecule has 1 aliphatic carbocycles. The molecular formula is C8H11N3O4. The molecule has 2 heterocycles. The highest BCUT2D eigenvalue weighted by Gasteiger charge is 2.52. The van der Waals surface area contributed by atoms with Crippen LogP contribution in [-0.2, 0) is 12.0 Å². The van der Waals surface area contributed by atoms with Gasteiger partial charge in [0, 0.05) is 6.54 Å². The van der Waals surface area contributed by atoms with Crippen molar-refractivity contribution in [2.24, 2.45) is 0 Å². The molecule has 0 bridgehead atoms. The van der Waals surface area contributed by atoms with Crippen LogP contribution in [0.2, 0.25) is 0 Å². The summed E-state index contributed by atoms with van der Waals surface area (Å²) in [6.07, 6.45) is 1.47.